The number of ketones is 1. The number of hydrogen-bond donors (Lipinski definition) is 1. The molecule has 1 saturated carbocycles. The molecule has 0 aromatic carbocycles. The van der Waals surface area contributed by atoms with Crippen molar-refractivity contribution < 1.29 is 33.0 Å². The minimum atomic E-state index is -0.947. The quantitative estimate of drug-likeness (QED) is 0.737. The molecule has 5 rings (SSSR count). The Bertz CT molecular complexity index is 1080. The standard InChI is InChI=1S/C23H25NO7/c1-10(25)30-13-7-22(2)12(5-6-14(22)24)16-18(13)23(3)15(9-28-4)31-21(27)11-8-29-20(17(11)23)19(16)26/h8,12-13,15,24H,5-7,9H2,1-4H3/t12-,13+,15+,22-,23-/m0/s1. The molecule has 164 valence electrons. The first-order valence-corrected chi connectivity index (χ1v) is 10.5. The van der Waals surface area contributed by atoms with Gasteiger partial charge in [-0.2, -0.15) is 0 Å². The van der Waals surface area contributed by atoms with Crippen molar-refractivity contribution >= 4 is 23.4 Å². The van der Waals surface area contributed by atoms with Crippen LogP contribution in [0.1, 0.15) is 66.5 Å². The zero-order chi connectivity index (χ0) is 22.3. The van der Waals surface area contributed by atoms with Crippen molar-refractivity contribution in [1.82, 2.24) is 0 Å². The third-order valence-electron chi connectivity index (χ3n) is 7.77. The Morgan fingerprint density at radius 2 is 2.06 bits per heavy atom. The third kappa shape index (κ3) is 2.39. The van der Waals surface area contributed by atoms with Crippen LogP contribution in [0, 0.1) is 16.7 Å². The first-order valence-electron chi connectivity index (χ1n) is 10.5. The fourth-order valence-corrected chi connectivity index (χ4v) is 6.32. The highest BCUT2D eigenvalue weighted by Gasteiger charge is 2.63. The van der Waals surface area contributed by atoms with Gasteiger partial charge in [0.15, 0.2) is 5.76 Å². The Balaban J connectivity index is 1.82. The van der Waals surface area contributed by atoms with Crippen molar-refractivity contribution in [3.63, 3.8) is 0 Å². The number of hydrogen-bond acceptors (Lipinski definition) is 8. The number of methoxy groups -OCH3 is 1. The maximum Gasteiger partial charge on any atom is 0.342 e. The van der Waals surface area contributed by atoms with E-state index in [1.54, 1.807) is 0 Å². The van der Waals surface area contributed by atoms with E-state index in [0.29, 0.717) is 41.7 Å². The van der Waals surface area contributed by atoms with Crippen LogP contribution in [0.15, 0.2) is 21.8 Å². The Kier molecular flexibility index (Phi) is 4.16. The Hall–Kier alpha value is -2.74. The van der Waals surface area contributed by atoms with Crippen LogP contribution in [0.3, 0.4) is 0 Å². The molecule has 0 saturated heterocycles. The Labute approximate surface area is 179 Å². The number of allylic oxidation sites excluding steroid dienone is 1. The van der Waals surface area contributed by atoms with E-state index in [2.05, 4.69) is 0 Å². The smallest absolute Gasteiger partial charge is 0.342 e. The molecular weight excluding hydrogens is 402 g/mol. The second-order valence-corrected chi connectivity index (χ2v) is 9.35. The van der Waals surface area contributed by atoms with Crippen molar-refractivity contribution in [3.8, 4) is 0 Å². The summed E-state index contributed by atoms with van der Waals surface area (Å²) in [5.74, 6) is -1.36. The van der Waals surface area contributed by atoms with Crippen molar-refractivity contribution in [2.24, 2.45) is 11.3 Å². The lowest BCUT2D eigenvalue weighted by molar-refractivity contribution is -0.147. The molecular formula is C23H25NO7. The molecule has 1 N–H and O–H groups in total. The van der Waals surface area contributed by atoms with E-state index in [4.69, 9.17) is 24.0 Å². The van der Waals surface area contributed by atoms with E-state index in [1.165, 1.54) is 20.3 Å². The Morgan fingerprint density at radius 1 is 1.32 bits per heavy atom. The average molecular weight is 427 g/mol. The van der Waals surface area contributed by atoms with Gasteiger partial charge >= 0.3 is 11.9 Å². The summed E-state index contributed by atoms with van der Waals surface area (Å²) in [7, 11) is 1.52. The SMILES string of the molecule is COC[C@H]1OC(=O)c2coc3c2[C@@]1(C)C1=C(C3=O)[C@@H]2CCC(=N)[C@@]2(C)C[C@H]1OC(C)=O. The first kappa shape index (κ1) is 20.2. The highest BCUT2D eigenvalue weighted by Crippen LogP contribution is 2.61. The number of cyclic esters (lactones) is 1. The number of ether oxygens (including phenoxy) is 3. The van der Waals surface area contributed by atoms with Crippen LogP contribution >= 0.6 is 0 Å². The first-order chi connectivity index (χ1) is 14.6. The topological polar surface area (TPSA) is 116 Å². The number of Topliss-reactive ketones (excluding diaryl/α,β-unsaturated/α-hetero) is 1. The lowest BCUT2D eigenvalue weighted by Gasteiger charge is -2.52. The number of carbonyl (C=O) groups is 3. The predicted octanol–water partition coefficient (Wildman–Crippen LogP) is 2.99. The van der Waals surface area contributed by atoms with Crippen molar-refractivity contribution in [3.05, 3.63) is 34.3 Å². The van der Waals surface area contributed by atoms with Gasteiger partial charge in [0.05, 0.1) is 12.0 Å². The van der Waals surface area contributed by atoms with Gasteiger partial charge in [0, 0.05) is 36.3 Å². The molecule has 0 radical (unpaired) electrons. The number of esters is 2. The third-order valence-corrected chi connectivity index (χ3v) is 7.77. The maximum absolute atomic E-state index is 13.7. The van der Waals surface area contributed by atoms with Gasteiger partial charge < -0.3 is 24.0 Å². The highest BCUT2D eigenvalue weighted by molar-refractivity contribution is 6.14. The normalized spacial score (nSPS) is 36.0. The number of furan rings is 1. The predicted molar refractivity (Wildman–Crippen MR) is 107 cm³/mol. The second kappa shape index (κ2) is 6.38. The van der Waals surface area contributed by atoms with Gasteiger partial charge in [-0.1, -0.05) is 6.92 Å². The average Bonchev–Trinajstić information content (AvgIpc) is 3.27. The number of carbonyl (C=O) groups excluding carboxylic acids is 3. The van der Waals surface area contributed by atoms with E-state index in [0.717, 1.165) is 0 Å². The monoisotopic (exact) mass is 427 g/mol. The molecule has 0 amide bonds. The van der Waals surface area contributed by atoms with Gasteiger partial charge in [-0.3, -0.25) is 9.59 Å². The minimum Gasteiger partial charge on any atom is -0.460 e. The molecule has 8 nitrogen and oxygen atoms in total. The van der Waals surface area contributed by atoms with Gasteiger partial charge in [0.2, 0.25) is 5.78 Å². The molecule has 5 atom stereocenters. The maximum atomic E-state index is 13.7. The van der Waals surface area contributed by atoms with Crippen LogP contribution in [-0.2, 0) is 24.4 Å². The summed E-state index contributed by atoms with van der Waals surface area (Å²) in [6, 6.07) is 0. The molecule has 3 aliphatic carbocycles. The van der Waals surface area contributed by atoms with Crippen LogP contribution in [0.4, 0.5) is 0 Å². The number of rotatable bonds is 3. The molecule has 1 aromatic rings. The van der Waals surface area contributed by atoms with Gasteiger partial charge in [-0.15, -0.1) is 0 Å². The fraction of sp³-hybridized carbons (Fsp3) is 0.565. The molecule has 0 unspecified atom stereocenters. The summed E-state index contributed by atoms with van der Waals surface area (Å²) >= 11 is 0. The molecule has 2 heterocycles. The number of fused-ring (bicyclic) bond motifs is 3. The molecule has 31 heavy (non-hydrogen) atoms. The summed E-state index contributed by atoms with van der Waals surface area (Å²) in [5.41, 5.74) is 0.944. The molecule has 4 aliphatic rings. The summed E-state index contributed by atoms with van der Waals surface area (Å²) in [5, 5.41) is 8.56. The lowest BCUT2D eigenvalue weighted by atomic mass is 9.54. The number of nitrogens with one attached hydrogen (secondary N) is 1. The zero-order valence-corrected chi connectivity index (χ0v) is 18.0. The molecule has 0 spiro atoms. The highest BCUT2D eigenvalue weighted by atomic mass is 16.6. The van der Waals surface area contributed by atoms with E-state index >= 15 is 0 Å². The summed E-state index contributed by atoms with van der Waals surface area (Å²) in [4.78, 5) is 38.4. The zero-order valence-electron chi connectivity index (χ0n) is 18.0. The van der Waals surface area contributed by atoms with E-state index < -0.39 is 35.0 Å². The van der Waals surface area contributed by atoms with Gasteiger partial charge in [-0.05, 0) is 37.7 Å². The molecule has 1 fully saturated rings. The minimum absolute atomic E-state index is 0.113. The van der Waals surface area contributed by atoms with Crippen molar-refractivity contribution in [1.29, 1.82) is 5.41 Å². The second-order valence-electron chi connectivity index (χ2n) is 9.35. The van der Waals surface area contributed by atoms with Crippen molar-refractivity contribution in [2.45, 2.75) is 57.7 Å². The van der Waals surface area contributed by atoms with E-state index in [9.17, 15) is 14.4 Å². The van der Waals surface area contributed by atoms with Crippen LogP contribution in [0.2, 0.25) is 0 Å². The fourth-order valence-electron chi connectivity index (χ4n) is 6.32. The molecule has 1 aromatic heterocycles. The van der Waals surface area contributed by atoms with Crippen LogP contribution in [-0.4, -0.2) is 49.4 Å². The van der Waals surface area contributed by atoms with Crippen LogP contribution in [0.5, 0.6) is 0 Å². The summed E-state index contributed by atoms with van der Waals surface area (Å²) in [6.07, 6.45) is 1.51. The molecule has 0 bridgehead atoms. The molecule has 1 aliphatic heterocycles. The Morgan fingerprint density at radius 3 is 2.74 bits per heavy atom. The van der Waals surface area contributed by atoms with Crippen LogP contribution in [0.25, 0.3) is 0 Å². The summed E-state index contributed by atoms with van der Waals surface area (Å²) < 4.78 is 22.6. The lowest BCUT2D eigenvalue weighted by Crippen LogP contribution is -2.57. The van der Waals surface area contributed by atoms with Gasteiger partial charge in [0.1, 0.15) is 24.0 Å². The van der Waals surface area contributed by atoms with Gasteiger partial charge in [-0.25, -0.2) is 4.79 Å². The van der Waals surface area contributed by atoms with Gasteiger partial charge in [0.25, 0.3) is 0 Å². The van der Waals surface area contributed by atoms with Crippen LogP contribution < -0.4 is 0 Å². The molecule has 8 heteroatoms. The van der Waals surface area contributed by atoms with Crippen molar-refractivity contribution in [2.75, 3.05) is 13.7 Å². The van der Waals surface area contributed by atoms with E-state index in [1.807, 2.05) is 13.8 Å². The largest absolute Gasteiger partial charge is 0.460 e. The van der Waals surface area contributed by atoms with E-state index in [-0.39, 0.29) is 29.6 Å². The summed E-state index contributed by atoms with van der Waals surface area (Å²) in [6.45, 7) is 5.33.